The quantitative estimate of drug-likeness (QED) is 0.767. The van der Waals surface area contributed by atoms with E-state index < -0.39 is 11.9 Å². The summed E-state index contributed by atoms with van der Waals surface area (Å²) in [6.45, 7) is 4.26. The fourth-order valence-electron chi connectivity index (χ4n) is 2.36. The molecule has 0 aromatic carbocycles. The van der Waals surface area contributed by atoms with Crippen molar-refractivity contribution in [3.05, 3.63) is 47.3 Å². The maximum Gasteiger partial charge on any atom is 0.372 e. The Hall–Kier alpha value is -2.54. The molecule has 2 rings (SSSR count). The van der Waals surface area contributed by atoms with E-state index in [0.717, 1.165) is 0 Å². The van der Waals surface area contributed by atoms with Gasteiger partial charge in [-0.3, -0.25) is 0 Å². The number of carboxylic acid groups (broad SMARTS) is 2. The van der Waals surface area contributed by atoms with E-state index in [9.17, 15) is 9.59 Å². The largest absolute Gasteiger partial charge is 0.475 e. The van der Waals surface area contributed by atoms with Gasteiger partial charge in [0.05, 0.1) is 25.7 Å². The summed E-state index contributed by atoms with van der Waals surface area (Å²) in [4.78, 5) is 22.1. The molecule has 0 aliphatic carbocycles. The van der Waals surface area contributed by atoms with Gasteiger partial charge in [-0.1, -0.05) is 13.8 Å². The smallest absolute Gasteiger partial charge is 0.372 e. The van der Waals surface area contributed by atoms with Crippen LogP contribution < -0.4 is 0 Å². The molecule has 0 saturated heterocycles. The topological polar surface area (TPSA) is 110 Å². The number of aromatic carboxylic acids is 2. The van der Waals surface area contributed by atoms with Crippen LogP contribution in [0.25, 0.3) is 0 Å². The predicted molar refractivity (Wildman–Crippen MR) is 79.0 cm³/mol. The van der Waals surface area contributed by atoms with Gasteiger partial charge in [-0.15, -0.1) is 0 Å². The van der Waals surface area contributed by atoms with Crippen LogP contribution in [-0.2, 0) is 4.74 Å². The van der Waals surface area contributed by atoms with E-state index in [-0.39, 0.29) is 23.4 Å². The lowest BCUT2D eigenvalue weighted by Crippen LogP contribution is -2.12. The van der Waals surface area contributed by atoms with Gasteiger partial charge >= 0.3 is 11.9 Å². The van der Waals surface area contributed by atoms with Gasteiger partial charge in [-0.05, 0) is 12.1 Å². The van der Waals surface area contributed by atoms with Crippen LogP contribution in [0.4, 0.5) is 0 Å². The first-order valence-corrected chi connectivity index (χ1v) is 7.11. The van der Waals surface area contributed by atoms with Gasteiger partial charge in [0.25, 0.3) is 0 Å². The van der Waals surface area contributed by atoms with Gasteiger partial charge in [-0.2, -0.15) is 0 Å². The van der Waals surface area contributed by atoms with Gasteiger partial charge in [0.15, 0.2) is 0 Å². The summed E-state index contributed by atoms with van der Waals surface area (Å²) >= 11 is 0. The van der Waals surface area contributed by atoms with E-state index in [1.165, 1.54) is 12.5 Å². The van der Waals surface area contributed by atoms with E-state index in [1.54, 1.807) is 12.1 Å². The van der Waals surface area contributed by atoms with Crippen LogP contribution >= 0.6 is 0 Å². The highest BCUT2D eigenvalue weighted by Crippen LogP contribution is 2.24. The minimum absolute atomic E-state index is 0.0860. The summed E-state index contributed by atoms with van der Waals surface area (Å²) in [5.41, 5.74) is 1.14. The van der Waals surface area contributed by atoms with E-state index in [2.05, 4.69) is 0 Å². The molecular formula is C16H18O7. The average Bonchev–Trinajstić information content (AvgIpc) is 3.15. The molecule has 2 aromatic heterocycles. The summed E-state index contributed by atoms with van der Waals surface area (Å²) in [5, 5.41) is 18.0. The molecular weight excluding hydrogens is 304 g/mol. The highest BCUT2D eigenvalue weighted by atomic mass is 16.5. The molecule has 2 atom stereocenters. The lowest BCUT2D eigenvalue weighted by molar-refractivity contribution is 0.0650. The van der Waals surface area contributed by atoms with Crippen molar-refractivity contribution in [3.63, 3.8) is 0 Å². The van der Waals surface area contributed by atoms with Gasteiger partial charge in [-0.25, -0.2) is 9.59 Å². The minimum Gasteiger partial charge on any atom is -0.475 e. The van der Waals surface area contributed by atoms with Crippen molar-refractivity contribution in [2.45, 2.75) is 25.7 Å². The zero-order chi connectivity index (χ0) is 17.0. The van der Waals surface area contributed by atoms with Crippen LogP contribution in [0.1, 0.15) is 57.9 Å². The minimum atomic E-state index is -1.12. The maximum absolute atomic E-state index is 11.0. The van der Waals surface area contributed by atoms with Gasteiger partial charge in [0.1, 0.15) is 0 Å². The Morgan fingerprint density at radius 3 is 1.70 bits per heavy atom. The summed E-state index contributed by atoms with van der Waals surface area (Å²) in [5.74, 6) is -2.72. The first-order chi connectivity index (χ1) is 10.9. The monoisotopic (exact) mass is 322 g/mol. The molecule has 7 heteroatoms. The van der Waals surface area contributed by atoms with Crippen LogP contribution in [0.5, 0.6) is 0 Å². The van der Waals surface area contributed by atoms with Crippen molar-refractivity contribution in [1.29, 1.82) is 0 Å². The highest BCUT2D eigenvalue weighted by Gasteiger charge is 2.21. The Balaban J connectivity index is 1.91. The highest BCUT2D eigenvalue weighted by molar-refractivity contribution is 5.86. The third-order valence-corrected chi connectivity index (χ3v) is 3.58. The van der Waals surface area contributed by atoms with Crippen LogP contribution in [0.2, 0.25) is 0 Å². The van der Waals surface area contributed by atoms with Crippen LogP contribution in [0.3, 0.4) is 0 Å². The standard InChI is InChI=1S/C16H18O7/c1-9(11-3-5-22-13(11)15(17)18)7-21-8-10(2)12-4-6-23-14(12)16(19)20/h3-6,9-10H,7-8H2,1-2H3,(H,17,18)(H,19,20). The zero-order valence-electron chi connectivity index (χ0n) is 12.8. The van der Waals surface area contributed by atoms with E-state index >= 15 is 0 Å². The van der Waals surface area contributed by atoms with Gasteiger partial charge in [0, 0.05) is 23.0 Å². The number of hydrogen-bond donors (Lipinski definition) is 2. The molecule has 0 spiro atoms. The third-order valence-electron chi connectivity index (χ3n) is 3.58. The van der Waals surface area contributed by atoms with Crippen molar-refractivity contribution in [3.8, 4) is 0 Å². The second kappa shape index (κ2) is 7.15. The molecule has 0 saturated carbocycles. The van der Waals surface area contributed by atoms with Crippen molar-refractivity contribution in [1.82, 2.24) is 0 Å². The molecule has 2 unspecified atom stereocenters. The SMILES string of the molecule is CC(COCC(C)c1ccoc1C(=O)O)c1ccoc1C(=O)O. The Morgan fingerprint density at radius 1 is 0.957 bits per heavy atom. The second-order valence-electron chi connectivity index (χ2n) is 5.36. The van der Waals surface area contributed by atoms with Crippen molar-refractivity contribution >= 4 is 11.9 Å². The fourth-order valence-corrected chi connectivity index (χ4v) is 2.36. The molecule has 2 heterocycles. The Bertz CT molecular complexity index is 624. The van der Waals surface area contributed by atoms with E-state index in [4.69, 9.17) is 23.8 Å². The van der Waals surface area contributed by atoms with Crippen molar-refractivity contribution < 1.29 is 33.4 Å². The molecule has 7 nitrogen and oxygen atoms in total. The number of furan rings is 2. The first-order valence-electron chi connectivity index (χ1n) is 7.11. The molecule has 23 heavy (non-hydrogen) atoms. The Morgan fingerprint density at radius 2 is 1.35 bits per heavy atom. The van der Waals surface area contributed by atoms with Crippen molar-refractivity contribution in [2.75, 3.05) is 13.2 Å². The normalized spacial score (nSPS) is 13.7. The van der Waals surface area contributed by atoms with Crippen LogP contribution in [0, 0.1) is 0 Å². The number of ether oxygens (including phenoxy) is 1. The summed E-state index contributed by atoms with van der Waals surface area (Å²) < 4.78 is 15.5. The number of carbonyl (C=O) groups is 2. The van der Waals surface area contributed by atoms with E-state index in [0.29, 0.717) is 24.3 Å². The molecule has 0 bridgehead atoms. The van der Waals surface area contributed by atoms with Crippen LogP contribution in [-0.4, -0.2) is 35.4 Å². The molecule has 0 fully saturated rings. The second-order valence-corrected chi connectivity index (χ2v) is 5.36. The molecule has 124 valence electrons. The lowest BCUT2D eigenvalue weighted by atomic mass is 10.0. The maximum atomic E-state index is 11.0. The summed E-state index contributed by atoms with van der Waals surface area (Å²) in [6, 6.07) is 3.22. The number of rotatable bonds is 8. The molecule has 0 radical (unpaired) electrons. The molecule has 2 aromatic rings. The van der Waals surface area contributed by atoms with E-state index in [1.807, 2.05) is 13.8 Å². The molecule has 0 aliphatic heterocycles. The lowest BCUT2D eigenvalue weighted by Gasteiger charge is -2.15. The Kier molecular flexibility index (Phi) is 5.23. The van der Waals surface area contributed by atoms with Gasteiger partial charge < -0.3 is 23.8 Å². The van der Waals surface area contributed by atoms with Gasteiger partial charge in [0.2, 0.25) is 11.5 Å². The Labute approximate surface area is 132 Å². The molecule has 0 aliphatic rings. The average molecular weight is 322 g/mol. The third kappa shape index (κ3) is 3.81. The molecule has 0 amide bonds. The summed E-state index contributed by atoms with van der Waals surface area (Å²) in [6.07, 6.45) is 2.67. The molecule has 2 N–H and O–H groups in total. The fraction of sp³-hybridized carbons (Fsp3) is 0.375. The number of hydrogen-bond acceptors (Lipinski definition) is 5. The first kappa shape index (κ1) is 16.8. The number of carboxylic acids is 2. The predicted octanol–water partition coefficient (Wildman–Crippen LogP) is 3.19. The summed E-state index contributed by atoms with van der Waals surface area (Å²) in [7, 11) is 0. The van der Waals surface area contributed by atoms with Crippen molar-refractivity contribution in [2.24, 2.45) is 0 Å². The zero-order valence-corrected chi connectivity index (χ0v) is 12.8. The van der Waals surface area contributed by atoms with Crippen LogP contribution in [0.15, 0.2) is 33.5 Å².